The Labute approximate surface area is 128 Å². The van der Waals surface area contributed by atoms with Gasteiger partial charge in [-0.15, -0.1) is 0 Å². The molecule has 1 saturated heterocycles. The molecule has 122 valence electrons. The van der Waals surface area contributed by atoms with E-state index in [1.54, 1.807) is 0 Å². The second-order valence-electron chi connectivity index (χ2n) is 5.97. The maximum atomic E-state index is 12.6. The van der Waals surface area contributed by atoms with Crippen molar-refractivity contribution >= 4 is 23.8 Å². The number of nitrogens with zero attached hydrogens (tertiary/aromatic N) is 1. The van der Waals surface area contributed by atoms with Crippen LogP contribution < -0.4 is 11.1 Å². The third-order valence-corrected chi connectivity index (χ3v) is 4.50. The summed E-state index contributed by atoms with van der Waals surface area (Å²) >= 11 is 0. The average Bonchev–Trinajstić information content (AvgIpc) is 2.67. The second kappa shape index (κ2) is 5.94. The first kappa shape index (κ1) is 16.3. The highest BCUT2D eigenvalue weighted by atomic mass is 16.5. The smallest absolute Gasteiger partial charge is 0.327 e. The van der Waals surface area contributed by atoms with Crippen LogP contribution in [0.25, 0.3) is 0 Å². The Morgan fingerprint density at radius 1 is 1.45 bits per heavy atom. The van der Waals surface area contributed by atoms with Gasteiger partial charge in [0.2, 0.25) is 0 Å². The molecule has 1 aliphatic carbocycles. The second-order valence-corrected chi connectivity index (χ2v) is 5.97. The predicted octanol–water partition coefficient (Wildman–Crippen LogP) is -0.0959. The van der Waals surface area contributed by atoms with E-state index in [4.69, 9.17) is 10.5 Å². The Hall–Kier alpha value is -2.12. The Morgan fingerprint density at radius 2 is 2.14 bits per heavy atom. The van der Waals surface area contributed by atoms with Crippen molar-refractivity contribution < 1.29 is 23.9 Å². The van der Waals surface area contributed by atoms with Gasteiger partial charge in [-0.2, -0.15) is 0 Å². The molecule has 8 nitrogen and oxygen atoms in total. The lowest BCUT2D eigenvalue weighted by Gasteiger charge is -2.36. The van der Waals surface area contributed by atoms with Gasteiger partial charge in [-0.3, -0.25) is 19.3 Å². The number of urea groups is 1. The van der Waals surface area contributed by atoms with Crippen LogP contribution in [-0.2, 0) is 19.1 Å². The van der Waals surface area contributed by atoms with Crippen molar-refractivity contribution in [3.63, 3.8) is 0 Å². The molecule has 1 aliphatic heterocycles. The molecule has 2 rings (SSSR count). The van der Waals surface area contributed by atoms with Gasteiger partial charge in [0, 0.05) is 0 Å². The minimum absolute atomic E-state index is 0.0169. The molecule has 3 N–H and O–H groups in total. The van der Waals surface area contributed by atoms with E-state index in [0.29, 0.717) is 6.42 Å². The van der Waals surface area contributed by atoms with Gasteiger partial charge in [0.05, 0.1) is 0 Å². The summed E-state index contributed by atoms with van der Waals surface area (Å²) in [6, 6.07) is -0.595. The van der Waals surface area contributed by atoms with Crippen LogP contribution in [0.1, 0.15) is 39.5 Å². The van der Waals surface area contributed by atoms with Gasteiger partial charge in [0.15, 0.2) is 6.10 Å². The molecule has 1 saturated carbocycles. The summed E-state index contributed by atoms with van der Waals surface area (Å²) in [4.78, 5) is 48.1. The normalized spacial score (nSPS) is 29.4. The number of esters is 1. The quantitative estimate of drug-likeness (QED) is 0.555. The van der Waals surface area contributed by atoms with Crippen LogP contribution in [0, 0.1) is 5.92 Å². The summed E-state index contributed by atoms with van der Waals surface area (Å²) in [7, 11) is 0. The molecule has 0 unspecified atom stereocenters. The first-order valence-corrected chi connectivity index (χ1v) is 7.41. The summed E-state index contributed by atoms with van der Waals surface area (Å²) in [6.45, 7) is 2.74. The van der Waals surface area contributed by atoms with Gasteiger partial charge in [0.25, 0.3) is 11.8 Å². The van der Waals surface area contributed by atoms with E-state index in [2.05, 4.69) is 5.32 Å². The molecule has 22 heavy (non-hydrogen) atoms. The molecular formula is C14H21N3O5. The SMILES string of the molecule is C[C@H](OC(=O)CN1C(=O)N[C@]2(CCCC[C@H]2C)C1=O)C(N)=O. The molecule has 8 heteroatoms. The molecule has 0 aromatic heterocycles. The minimum Gasteiger partial charge on any atom is -0.451 e. The van der Waals surface area contributed by atoms with Crippen molar-refractivity contribution in [1.29, 1.82) is 0 Å². The average molecular weight is 311 g/mol. The highest BCUT2D eigenvalue weighted by molar-refractivity contribution is 6.09. The van der Waals surface area contributed by atoms with E-state index in [9.17, 15) is 19.2 Å². The molecule has 2 fully saturated rings. The summed E-state index contributed by atoms with van der Waals surface area (Å²) in [5.74, 6) is -2.00. The van der Waals surface area contributed by atoms with Gasteiger partial charge < -0.3 is 15.8 Å². The number of hydrogen-bond acceptors (Lipinski definition) is 5. The molecule has 0 aromatic rings. The van der Waals surface area contributed by atoms with Crippen LogP contribution in [-0.4, -0.2) is 46.9 Å². The maximum Gasteiger partial charge on any atom is 0.327 e. The van der Waals surface area contributed by atoms with Gasteiger partial charge in [0.1, 0.15) is 12.1 Å². The Kier molecular flexibility index (Phi) is 4.39. The Morgan fingerprint density at radius 3 is 2.73 bits per heavy atom. The number of imide groups is 1. The predicted molar refractivity (Wildman–Crippen MR) is 75.4 cm³/mol. The zero-order chi connectivity index (χ0) is 16.5. The van der Waals surface area contributed by atoms with E-state index in [-0.39, 0.29) is 5.92 Å². The molecule has 4 amide bonds. The van der Waals surface area contributed by atoms with Crippen molar-refractivity contribution in [2.24, 2.45) is 11.7 Å². The summed E-state index contributed by atoms with van der Waals surface area (Å²) in [5, 5.41) is 2.74. The number of nitrogens with one attached hydrogen (secondary N) is 1. The lowest BCUT2D eigenvalue weighted by molar-refractivity contribution is -0.156. The number of rotatable bonds is 4. The number of ether oxygens (including phenoxy) is 1. The Balaban J connectivity index is 2.06. The number of nitrogens with two attached hydrogens (primary N) is 1. The zero-order valence-corrected chi connectivity index (χ0v) is 12.8. The van der Waals surface area contributed by atoms with Crippen LogP contribution in [0.15, 0.2) is 0 Å². The lowest BCUT2D eigenvalue weighted by atomic mass is 9.73. The van der Waals surface area contributed by atoms with Crippen molar-refractivity contribution in [1.82, 2.24) is 10.2 Å². The van der Waals surface area contributed by atoms with E-state index >= 15 is 0 Å². The molecule has 0 aromatic carbocycles. The molecule has 2 aliphatic rings. The molecular weight excluding hydrogens is 290 g/mol. The molecule has 3 atom stereocenters. The first-order valence-electron chi connectivity index (χ1n) is 7.41. The van der Waals surface area contributed by atoms with E-state index in [1.165, 1.54) is 6.92 Å². The van der Waals surface area contributed by atoms with Gasteiger partial charge >= 0.3 is 12.0 Å². The summed E-state index contributed by atoms with van der Waals surface area (Å²) in [6.07, 6.45) is 2.19. The van der Waals surface area contributed by atoms with Crippen LogP contribution in [0.3, 0.4) is 0 Å². The van der Waals surface area contributed by atoms with Gasteiger partial charge in [-0.05, 0) is 25.7 Å². The highest BCUT2D eigenvalue weighted by Crippen LogP contribution is 2.38. The summed E-state index contributed by atoms with van der Waals surface area (Å²) < 4.78 is 4.79. The fraction of sp³-hybridized carbons (Fsp3) is 0.714. The minimum atomic E-state index is -1.10. The number of hydrogen-bond donors (Lipinski definition) is 2. The monoisotopic (exact) mass is 311 g/mol. The summed E-state index contributed by atoms with van der Waals surface area (Å²) in [5.41, 5.74) is 4.09. The van der Waals surface area contributed by atoms with Crippen molar-refractivity contribution in [2.45, 2.75) is 51.2 Å². The van der Waals surface area contributed by atoms with Crippen molar-refractivity contribution in [3.8, 4) is 0 Å². The standard InChI is InChI=1S/C14H21N3O5/c1-8-5-3-4-6-14(8)12(20)17(13(21)16-14)7-10(18)22-9(2)11(15)19/h8-9H,3-7H2,1-2H3,(H2,15,19)(H,16,21)/t8-,9+,14+/m1/s1. The van der Waals surface area contributed by atoms with Gasteiger partial charge in [-0.1, -0.05) is 19.8 Å². The van der Waals surface area contributed by atoms with E-state index < -0.39 is 42.0 Å². The van der Waals surface area contributed by atoms with Crippen molar-refractivity contribution in [2.75, 3.05) is 6.54 Å². The maximum absolute atomic E-state index is 12.6. The molecule has 0 radical (unpaired) electrons. The fourth-order valence-corrected chi connectivity index (χ4v) is 3.06. The Bertz CT molecular complexity index is 521. The number of amides is 4. The number of primary amides is 1. The van der Waals surface area contributed by atoms with Crippen LogP contribution in [0.5, 0.6) is 0 Å². The fourth-order valence-electron chi connectivity index (χ4n) is 3.06. The van der Waals surface area contributed by atoms with Crippen molar-refractivity contribution in [3.05, 3.63) is 0 Å². The van der Waals surface area contributed by atoms with E-state index in [0.717, 1.165) is 24.2 Å². The molecule has 1 spiro atoms. The number of carbonyl (C=O) groups is 4. The van der Waals surface area contributed by atoms with E-state index in [1.807, 2.05) is 6.92 Å². The van der Waals surface area contributed by atoms with Crippen LogP contribution in [0.2, 0.25) is 0 Å². The topological polar surface area (TPSA) is 119 Å². The largest absolute Gasteiger partial charge is 0.451 e. The van der Waals surface area contributed by atoms with Crippen LogP contribution in [0.4, 0.5) is 4.79 Å². The third kappa shape index (κ3) is 2.77. The number of carbonyl (C=O) groups excluding carboxylic acids is 4. The first-order chi connectivity index (χ1) is 10.3. The van der Waals surface area contributed by atoms with Gasteiger partial charge in [-0.25, -0.2) is 4.79 Å². The molecule has 1 heterocycles. The molecule has 0 bridgehead atoms. The third-order valence-electron chi connectivity index (χ3n) is 4.50. The zero-order valence-electron chi connectivity index (χ0n) is 12.8. The van der Waals surface area contributed by atoms with Crippen LogP contribution >= 0.6 is 0 Å². The highest BCUT2D eigenvalue weighted by Gasteiger charge is 2.55. The lowest BCUT2D eigenvalue weighted by Crippen LogP contribution is -2.54.